The smallest absolute Gasteiger partial charge is 0.326 e. The van der Waals surface area contributed by atoms with Crippen LogP contribution in [0.5, 0.6) is 0 Å². The quantitative estimate of drug-likeness (QED) is 0.362. The zero-order valence-electron chi connectivity index (χ0n) is 12.6. The molecule has 7 N–H and O–H groups in total. The van der Waals surface area contributed by atoms with Gasteiger partial charge in [0, 0.05) is 13.0 Å². The number of hydrogen-bond acceptors (Lipinski definition) is 5. The minimum atomic E-state index is -3.75. The van der Waals surface area contributed by atoms with Crippen LogP contribution in [0.1, 0.15) is 18.4 Å². The minimum Gasteiger partial charge on any atom is -0.480 e. The topological polar surface area (TPSA) is 165 Å². The fraction of sp³-hybridized carbons (Fsp3) is 0.308. The lowest BCUT2D eigenvalue weighted by molar-refractivity contribution is -0.139. The Hall–Kier alpha value is -2.24. The Morgan fingerprint density at radius 1 is 1.25 bits per heavy atom. The monoisotopic (exact) mass is 374 g/mol. The number of carboxylic acids is 1. The van der Waals surface area contributed by atoms with E-state index in [1.165, 1.54) is 12.1 Å². The molecule has 0 aliphatic heterocycles. The lowest BCUT2D eigenvalue weighted by atomic mass is 10.1. The van der Waals surface area contributed by atoms with Gasteiger partial charge in [0.05, 0.1) is 4.90 Å². The molecule has 132 valence electrons. The van der Waals surface area contributed by atoms with E-state index in [-0.39, 0.29) is 29.4 Å². The number of rotatable bonds is 8. The first-order valence-corrected chi connectivity index (χ1v) is 8.72. The molecule has 1 atom stereocenters. The summed E-state index contributed by atoms with van der Waals surface area (Å²) in [6, 6.07) is 4.78. The Labute approximate surface area is 144 Å². The fourth-order valence-electron chi connectivity index (χ4n) is 1.73. The summed E-state index contributed by atoms with van der Waals surface area (Å²) in [5, 5.41) is 19.5. The molecular weight excluding hydrogens is 356 g/mol. The number of amides is 1. The van der Waals surface area contributed by atoms with Gasteiger partial charge in [-0.05, 0) is 36.3 Å². The number of nitrogens with one attached hydrogen (secondary N) is 2. The molecule has 1 rings (SSSR count). The molecule has 0 aliphatic carbocycles. The number of sulfonamides is 1. The molecule has 0 spiro atoms. The molecule has 0 saturated heterocycles. The van der Waals surface area contributed by atoms with Crippen molar-refractivity contribution in [1.82, 2.24) is 10.6 Å². The average molecular weight is 374 g/mol. The molecule has 9 nitrogen and oxygen atoms in total. The summed E-state index contributed by atoms with van der Waals surface area (Å²) in [7, 11) is -3.75. The minimum absolute atomic E-state index is 0.00947. The van der Waals surface area contributed by atoms with Crippen LogP contribution in [0.25, 0.3) is 0 Å². The standard InChI is InChI=1S/C13H18N4O5S2/c14-11(18)6-5-10(12(19)20)17-13(23)16-7-8-1-3-9(4-2-8)24(15,21)22/h1-4,10H,5-7H2,(H2,14,18)(H,19,20)(H2,15,21,22)(H2,16,17,23). The Kier molecular flexibility index (Phi) is 7.07. The molecule has 0 aromatic heterocycles. The van der Waals surface area contributed by atoms with Gasteiger partial charge in [-0.15, -0.1) is 0 Å². The van der Waals surface area contributed by atoms with Gasteiger partial charge in [-0.3, -0.25) is 4.79 Å². The van der Waals surface area contributed by atoms with Gasteiger partial charge in [-0.2, -0.15) is 0 Å². The van der Waals surface area contributed by atoms with E-state index in [1.54, 1.807) is 12.1 Å². The van der Waals surface area contributed by atoms with Gasteiger partial charge in [0.1, 0.15) is 6.04 Å². The highest BCUT2D eigenvalue weighted by Gasteiger charge is 2.18. The first kappa shape index (κ1) is 19.8. The summed E-state index contributed by atoms with van der Waals surface area (Å²) in [4.78, 5) is 21.8. The van der Waals surface area contributed by atoms with Crippen LogP contribution in [0.4, 0.5) is 0 Å². The number of aliphatic carboxylic acids is 1. The number of primary amides is 1. The van der Waals surface area contributed by atoms with Crippen molar-refractivity contribution in [1.29, 1.82) is 0 Å². The van der Waals surface area contributed by atoms with Crippen LogP contribution in [-0.2, 0) is 26.2 Å². The molecule has 0 saturated carbocycles. The van der Waals surface area contributed by atoms with Crippen LogP contribution in [-0.4, -0.2) is 36.6 Å². The predicted molar refractivity (Wildman–Crippen MR) is 90.2 cm³/mol. The number of carbonyl (C=O) groups excluding carboxylic acids is 1. The van der Waals surface area contributed by atoms with Crippen LogP contribution in [0.3, 0.4) is 0 Å². The maximum Gasteiger partial charge on any atom is 0.326 e. The summed E-state index contributed by atoms with van der Waals surface area (Å²) in [5.74, 6) is -1.75. The highest BCUT2D eigenvalue weighted by Crippen LogP contribution is 2.08. The molecule has 1 aromatic carbocycles. The zero-order chi connectivity index (χ0) is 18.3. The summed E-state index contributed by atoms with van der Waals surface area (Å²) >= 11 is 5.00. The van der Waals surface area contributed by atoms with E-state index in [1.807, 2.05) is 0 Å². The number of thiocarbonyl (C=S) groups is 1. The van der Waals surface area contributed by atoms with Gasteiger partial charge in [-0.1, -0.05) is 12.1 Å². The number of primary sulfonamides is 1. The number of benzene rings is 1. The van der Waals surface area contributed by atoms with Crippen LogP contribution >= 0.6 is 12.2 Å². The van der Waals surface area contributed by atoms with Crippen molar-refractivity contribution in [3.63, 3.8) is 0 Å². The van der Waals surface area contributed by atoms with E-state index in [0.717, 1.165) is 5.56 Å². The van der Waals surface area contributed by atoms with E-state index in [9.17, 15) is 18.0 Å². The Morgan fingerprint density at radius 2 is 1.83 bits per heavy atom. The summed E-state index contributed by atoms with van der Waals surface area (Å²) in [6.07, 6.45) is -0.0723. The molecule has 0 radical (unpaired) electrons. The Bertz CT molecular complexity index is 718. The first-order valence-electron chi connectivity index (χ1n) is 6.77. The second-order valence-corrected chi connectivity index (χ2v) is 6.88. The van der Waals surface area contributed by atoms with Gasteiger partial charge in [0.25, 0.3) is 0 Å². The SMILES string of the molecule is NC(=O)CCC(NC(=S)NCc1ccc(S(N)(=O)=O)cc1)C(=O)O. The van der Waals surface area contributed by atoms with Gasteiger partial charge in [-0.25, -0.2) is 18.4 Å². The van der Waals surface area contributed by atoms with Gasteiger partial charge < -0.3 is 21.5 Å². The van der Waals surface area contributed by atoms with Crippen LogP contribution in [0.2, 0.25) is 0 Å². The van der Waals surface area contributed by atoms with Crippen molar-refractivity contribution < 1.29 is 23.1 Å². The van der Waals surface area contributed by atoms with Crippen molar-refractivity contribution >= 4 is 39.2 Å². The third-order valence-electron chi connectivity index (χ3n) is 2.99. The summed E-state index contributed by atoms with van der Waals surface area (Å²) < 4.78 is 22.3. The highest BCUT2D eigenvalue weighted by atomic mass is 32.2. The third-order valence-corrected chi connectivity index (χ3v) is 4.18. The molecule has 0 fully saturated rings. The zero-order valence-corrected chi connectivity index (χ0v) is 14.2. The molecule has 1 aromatic rings. The number of nitrogens with two attached hydrogens (primary N) is 2. The highest BCUT2D eigenvalue weighted by molar-refractivity contribution is 7.89. The van der Waals surface area contributed by atoms with Crippen molar-refractivity contribution in [3.05, 3.63) is 29.8 Å². The average Bonchev–Trinajstić information content (AvgIpc) is 2.48. The summed E-state index contributed by atoms with van der Waals surface area (Å²) in [6.45, 7) is 0.249. The summed E-state index contributed by atoms with van der Waals surface area (Å²) in [5.41, 5.74) is 5.71. The van der Waals surface area contributed by atoms with Gasteiger partial charge in [0.15, 0.2) is 5.11 Å². The van der Waals surface area contributed by atoms with Crippen LogP contribution < -0.4 is 21.5 Å². The fourth-order valence-corrected chi connectivity index (χ4v) is 2.46. The van der Waals surface area contributed by atoms with E-state index < -0.39 is 27.9 Å². The lowest BCUT2D eigenvalue weighted by Crippen LogP contribution is -2.46. The number of carbonyl (C=O) groups is 2. The van der Waals surface area contributed by atoms with E-state index >= 15 is 0 Å². The lowest BCUT2D eigenvalue weighted by Gasteiger charge is -2.16. The number of carboxylic acid groups (broad SMARTS) is 1. The second-order valence-electron chi connectivity index (χ2n) is 4.91. The molecule has 0 heterocycles. The molecule has 0 aliphatic rings. The van der Waals surface area contributed by atoms with Gasteiger partial charge in [0.2, 0.25) is 15.9 Å². The van der Waals surface area contributed by atoms with E-state index in [0.29, 0.717) is 0 Å². The molecule has 0 bridgehead atoms. The van der Waals surface area contributed by atoms with Crippen molar-refractivity contribution in [2.24, 2.45) is 10.9 Å². The predicted octanol–water partition coefficient (Wildman–Crippen LogP) is -0.983. The van der Waals surface area contributed by atoms with Crippen LogP contribution in [0, 0.1) is 0 Å². The maximum absolute atomic E-state index is 11.1. The van der Waals surface area contributed by atoms with E-state index in [2.05, 4.69) is 10.6 Å². The van der Waals surface area contributed by atoms with Crippen LogP contribution in [0.15, 0.2) is 29.2 Å². The second kappa shape index (κ2) is 8.57. The first-order chi connectivity index (χ1) is 11.1. The molecule has 1 unspecified atom stereocenters. The van der Waals surface area contributed by atoms with Crippen molar-refractivity contribution in [2.45, 2.75) is 30.3 Å². The normalized spacial score (nSPS) is 12.2. The third kappa shape index (κ3) is 6.89. The molecule has 24 heavy (non-hydrogen) atoms. The van der Waals surface area contributed by atoms with E-state index in [4.69, 9.17) is 28.2 Å². The maximum atomic E-state index is 11.1. The van der Waals surface area contributed by atoms with Crippen molar-refractivity contribution in [3.8, 4) is 0 Å². The van der Waals surface area contributed by atoms with Crippen molar-refractivity contribution in [2.75, 3.05) is 0 Å². The van der Waals surface area contributed by atoms with Gasteiger partial charge >= 0.3 is 5.97 Å². The Morgan fingerprint density at radius 3 is 2.29 bits per heavy atom. The molecule has 1 amide bonds. The number of hydrogen-bond donors (Lipinski definition) is 5. The molecular formula is C13H18N4O5S2. The Balaban J connectivity index is 2.55. The molecule has 11 heteroatoms. The largest absolute Gasteiger partial charge is 0.480 e.